The summed E-state index contributed by atoms with van der Waals surface area (Å²) in [6, 6.07) is 17.0. The van der Waals surface area contributed by atoms with E-state index < -0.39 is 5.97 Å². The van der Waals surface area contributed by atoms with Crippen LogP contribution in [0.2, 0.25) is 0 Å². The fourth-order valence-electron chi connectivity index (χ4n) is 3.03. The van der Waals surface area contributed by atoms with Gasteiger partial charge < -0.3 is 13.8 Å². The highest BCUT2D eigenvalue weighted by molar-refractivity contribution is 5.93. The number of carbonyl (C=O) groups excluding carboxylic acids is 1. The molecule has 134 valence electrons. The molecule has 0 unspecified atom stereocenters. The minimum absolute atomic E-state index is 0.396. The summed E-state index contributed by atoms with van der Waals surface area (Å²) in [5, 5.41) is 4.21. The lowest BCUT2D eigenvalue weighted by molar-refractivity contribution is 0.0600. The van der Waals surface area contributed by atoms with Crippen LogP contribution in [0.4, 0.5) is 0 Å². The topological polar surface area (TPSA) is 70.2 Å². The average molecular weight is 359 g/mol. The number of aromatic nitrogens is 3. The first-order valence-electron chi connectivity index (χ1n) is 8.43. The summed E-state index contributed by atoms with van der Waals surface area (Å²) in [4.78, 5) is 16.6. The second-order valence-corrected chi connectivity index (χ2v) is 6.00. The van der Waals surface area contributed by atoms with E-state index in [0.717, 1.165) is 16.8 Å². The van der Waals surface area contributed by atoms with Crippen molar-refractivity contribution in [3.05, 3.63) is 78.4 Å². The van der Waals surface area contributed by atoms with Gasteiger partial charge in [0.1, 0.15) is 11.5 Å². The van der Waals surface area contributed by atoms with Crippen molar-refractivity contribution in [3.8, 4) is 28.2 Å². The van der Waals surface area contributed by atoms with E-state index in [1.165, 1.54) is 7.11 Å². The molecule has 27 heavy (non-hydrogen) atoms. The lowest BCUT2D eigenvalue weighted by Gasteiger charge is -2.07. The Balaban J connectivity index is 1.80. The molecule has 0 spiro atoms. The predicted octanol–water partition coefficient (Wildman–Crippen LogP) is 4.29. The van der Waals surface area contributed by atoms with Crippen LogP contribution in [0.25, 0.3) is 28.2 Å². The molecule has 2 aromatic heterocycles. The van der Waals surface area contributed by atoms with Gasteiger partial charge >= 0.3 is 5.97 Å². The minimum atomic E-state index is -0.396. The Morgan fingerprint density at radius 3 is 2.59 bits per heavy atom. The predicted molar refractivity (Wildman–Crippen MR) is 101 cm³/mol. The second kappa shape index (κ2) is 6.92. The van der Waals surface area contributed by atoms with E-state index in [4.69, 9.17) is 9.26 Å². The summed E-state index contributed by atoms with van der Waals surface area (Å²) in [5.74, 6) is 0.285. The Labute approximate surface area is 156 Å². The van der Waals surface area contributed by atoms with Gasteiger partial charge in [-0.25, -0.2) is 9.78 Å². The van der Waals surface area contributed by atoms with E-state index in [2.05, 4.69) is 10.1 Å². The van der Waals surface area contributed by atoms with Gasteiger partial charge in [0.15, 0.2) is 0 Å². The smallest absolute Gasteiger partial charge is 0.339 e. The molecular weight excluding hydrogens is 342 g/mol. The van der Waals surface area contributed by atoms with Crippen molar-refractivity contribution in [2.45, 2.75) is 6.92 Å². The first-order valence-corrected chi connectivity index (χ1v) is 8.43. The van der Waals surface area contributed by atoms with Gasteiger partial charge in [-0.3, -0.25) is 0 Å². The van der Waals surface area contributed by atoms with Crippen LogP contribution in [0.3, 0.4) is 0 Å². The minimum Gasteiger partial charge on any atom is -0.465 e. The maximum Gasteiger partial charge on any atom is 0.339 e. The molecule has 6 heteroatoms. The van der Waals surface area contributed by atoms with Gasteiger partial charge in [0, 0.05) is 11.8 Å². The molecule has 2 aromatic carbocycles. The quantitative estimate of drug-likeness (QED) is 0.508. The van der Waals surface area contributed by atoms with E-state index in [1.807, 2.05) is 55.6 Å². The summed E-state index contributed by atoms with van der Waals surface area (Å²) in [6.07, 6.45) is 3.52. The number of esters is 1. The summed E-state index contributed by atoms with van der Waals surface area (Å²) in [6.45, 7) is 1.86. The van der Waals surface area contributed by atoms with Gasteiger partial charge in [0.25, 0.3) is 0 Å². The van der Waals surface area contributed by atoms with Gasteiger partial charge in [-0.2, -0.15) is 0 Å². The van der Waals surface area contributed by atoms with Gasteiger partial charge in [-0.05, 0) is 19.1 Å². The van der Waals surface area contributed by atoms with E-state index >= 15 is 0 Å². The van der Waals surface area contributed by atoms with E-state index in [-0.39, 0.29) is 0 Å². The highest BCUT2D eigenvalue weighted by atomic mass is 16.5. The zero-order chi connectivity index (χ0) is 18.8. The fourth-order valence-corrected chi connectivity index (χ4v) is 3.03. The lowest BCUT2D eigenvalue weighted by Crippen LogP contribution is -2.06. The molecule has 0 aliphatic rings. The number of ether oxygens (including phenoxy) is 1. The van der Waals surface area contributed by atoms with Crippen LogP contribution in [0, 0.1) is 6.92 Å². The van der Waals surface area contributed by atoms with Crippen molar-refractivity contribution in [1.82, 2.24) is 14.7 Å². The maximum atomic E-state index is 12.1. The lowest BCUT2D eigenvalue weighted by atomic mass is 10.0. The number of benzene rings is 2. The number of imidazole rings is 1. The number of carbonyl (C=O) groups is 1. The van der Waals surface area contributed by atoms with Crippen LogP contribution in [-0.2, 0) is 4.74 Å². The number of aryl methyl sites for hydroxylation is 1. The van der Waals surface area contributed by atoms with Crippen LogP contribution in [0.1, 0.15) is 16.1 Å². The molecule has 0 bridgehead atoms. The molecule has 0 saturated carbocycles. The summed E-state index contributed by atoms with van der Waals surface area (Å²) < 4.78 is 12.1. The van der Waals surface area contributed by atoms with E-state index in [1.54, 1.807) is 23.0 Å². The molecule has 0 radical (unpaired) electrons. The van der Waals surface area contributed by atoms with E-state index in [9.17, 15) is 4.79 Å². The van der Waals surface area contributed by atoms with Crippen molar-refractivity contribution in [3.63, 3.8) is 0 Å². The molecule has 0 aliphatic carbocycles. The standard InChI is InChI=1S/C21H17N3O3/c1-14-19(20(23-27-14)15-8-4-3-5-9-15)17-12-24(13-22-17)18-11-7-6-10-16(18)21(25)26-2/h3-13H,1-2H3. The number of hydrogen-bond donors (Lipinski definition) is 0. The molecule has 6 nitrogen and oxygen atoms in total. The molecule has 0 saturated heterocycles. The third-order valence-corrected chi connectivity index (χ3v) is 4.34. The van der Waals surface area contributed by atoms with Crippen LogP contribution in [0.5, 0.6) is 0 Å². The molecule has 4 aromatic rings. The van der Waals surface area contributed by atoms with E-state index in [0.29, 0.717) is 22.7 Å². The van der Waals surface area contributed by atoms with Crippen molar-refractivity contribution in [2.75, 3.05) is 7.11 Å². The first kappa shape index (κ1) is 16.8. The average Bonchev–Trinajstić information content (AvgIpc) is 3.34. The molecule has 0 fully saturated rings. The number of hydrogen-bond acceptors (Lipinski definition) is 5. The molecular formula is C21H17N3O3. The third kappa shape index (κ3) is 3.01. The molecule has 4 rings (SSSR count). The molecule has 2 heterocycles. The zero-order valence-electron chi connectivity index (χ0n) is 14.9. The Morgan fingerprint density at radius 1 is 1.07 bits per heavy atom. The van der Waals surface area contributed by atoms with Crippen LogP contribution < -0.4 is 0 Å². The molecule has 0 amide bonds. The number of rotatable bonds is 4. The van der Waals surface area contributed by atoms with Crippen LogP contribution >= 0.6 is 0 Å². The van der Waals surface area contributed by atoms with Gasteiger partial charge in [-0.15, -0.1) is 0 Å². The highest BCUT2D eigenvalue weighted by Crippen LogP contribution is 2.33. The zero-order valence-corrected chi connectivity index (χ0v) is 14.9. The summed E-state index contributed by atoms with van der Waals surface area (Å²) in [7, 11) is 1.37. The van der Waals surface area contributed by atoms with Crippen LogP contribution in [-0.4, -0.2) is 27.8 Å². The van der Waals surface area contributed by atoms with Crippen molar-refractivity contribution in [2.24, 2.45) is 0 Å². The first-order chi connectivity index (χ1) is 13.2. The Morgan fingerprint density at radius 2 is 1.81 bits per heavy atom. The summed E-state index contributed by atoms with van der Waals surface area (Å²) >= 11 is 0. The van der Waals surface area contributed by atoms with Crippen molar-refractivity contribution < 1.29 is 14.1 Å². The van der Waals surface area contributed by atoms with Crippen molar-refractivity contribution >= 4 is 5.97 Å². The Kier molecular flexibility index (Phi) is 4.30. The Hall–Kier alpha value is -3.67. The summed E-state index contributed by atoms with van der Waals surface area (Å²) in [5.41, 5.74) is 4.39. The largest absolute Gasteiger partial charge is 0.465 e. The fraction of sp³-hybridized carbons (Fsp3) is 0.0952. The number of nitrogens with zero attached hydrogens (tertiary/aromatic N) is 3. The normalized spacial score (nSPS) is 10.7. The molecule has 0 atom stereocenters. The monoisotopic (exact) mass is 359 g/mol. The molecule has 0 aliphatic heterocycles. The number of methoxy groups -OCH3 is 1. The van der Waals surface area contributed by atoms with Crippen LogP contribution in [0.15, 0.2) is 71.6 Å². The van der Waals surface area contributed by atoms with Gasteiger partial charge in [-0.1, -0.05) is 47.6 Å². The van der Waals surface area contributed by atoms with Gasteiger partial charge in [0.2, 0.25) is 0 Å². The Bertz CT molecular complexity index is 1100. The third-order valence-electron chi connectivity index (χ3n) is 4.34. The number of para-hydroxylation sites is 1. The molecule has 0 N–H and O–H groups in total. The highest BCUT2D eigenvalue weighted by Gasteiger charge is 2.20. The second-order valence-electron chi connectivity index (χ2n) is 6.00. The maximum absolute atomic E-state index is 12.1. The van der Waals surface area contributed by atoms with Crippen molar-refractivity contribution in [1.29, 1.82) is 0 Å². The SMILES string of the molecule is COC(=O)c1ccccc1-n1cnc(-c2c(-c3ccccc3)noc2C)c1. The van der Waals surface area contributed by atoms with Gasteiger partial charge in [0.05, 0.1) is 35.9 Å².